The first-order chi connectivity index (χ1) is 13.2. The van der Waals surface area contributed by atoms with Crippen LogP contribution < -0.4 is 16.8 Å². The molecule has 0 unspecified atom stereocenters. The predicted octanol–water partition coefficient (Wildman–Crippen LogP) is 0.624. The zero-order chi connectivity index (χ0) is 18.8. The zero-order valence-electron chi connectivity index (χ0n) is 14.4. The van der Waals surface area contributed by atoms with E-state index >= 15 is 0 Å². The van der Waals surface area contributed by atoms with Crippen LogP contribution in [0.1, 0.15) is 40.4 Å². The van der Waals surface area contributed by atoms with Gasteiger partial charge in [-0.05, 0) is 37.0 Å². The van der Waals surface area contributed by atoms with E-state index in [1.54, 1.807) is 30.6 Å². The number of nitrogens with two attached hydrogens (primary N) is 1. The molecule has 0 radical (unpaired) electrons. The maximum absolute atomic E-state index is 13.0. The Kier molecular flexibility index (Phi) is 4.43. The maximum Gasteiger partial charge on any atom is 0.266 e. The topological polar surface area (TPSA) is 129 Å². The summed E-state index contributed by atoms with van der Waals surface area (Å²) in [4.78, 5) is 41.6. The Labute approximate surface area is 154 Å². The van der Waals surface area contributed by atoms with Gasteiger partial charge in [-0.2, -0.15) is 0 Å². The molecule has 1 saturated carbocycles. The fourth-order valence-electron chi connectivity index (χ4n) is 2.87. The van der Waals surface area contributed by atoms with Crippen molar-refractivity contribution in [2.45, 2.75) is 25.3 Å². The molecule has 1 amide bonds. The van der Waals surface area contributed by atoms with Crippen molar-refractivity contribution >= 4 is 5.91 Å². The molecule has 0 atom stereocenters. The minimum Gasteiger partial charge on any atom is -0.293 e. The normalized spacial score (nSPS) is 13.4. The highest BCUT2D eigenvalue weighted by atomic mass is 16.2. The van der Waals surface area contributed by atoms with Crippen LogP contribution in [0.15, 0.2) is 47.9 Å². The number of carbonyl (C=O) groups is 1. The van der Waals surface area contributed by atoms with E-state index in [1.165, 1.54) is 17.1 Å². The van der Waals surface area contributed by atoms with Crippen LogP contribution in [0, 0.1) is 0 Å². The number of hydrogen-bond donors (Lipinski definition) is 2. The molecule has 9 nitrogen and oxygen atoms in total. The third-order valence-corrected chi connectivity index (χ3v) is 4.39. The van der Waals surface area contributed by atoms with Crippen molar-refractivity contribution in [1.82, 2.24) is 29.9 Å². The van der Waals surface area contributed by atoms with Gasteiger partial charge < -0.3 is 0 Å². The second-order valence-electron chi connectivity index (χ2n) is 6.30. The molecular formula is C18H17N7O2. The van der Waals surface area contributed by atoms with Gasteiger partial charge in [-0.3, -0.25) is 24.6 Å². The van der Waals surface area contributed by atoms with E-state index in [9.17, 15) is 9.59 Å². The van der Waals surface area contributed by atoms with Crippen LogP contribution in [-0.2, 0) is 6.54 Å². The predicted molar refractivity (Wildman–Crippen MR) is 96.5 cm³/mol. The molecular weight excluding hydrogens is 346 g/mol. The summed E-state index contributed by atoms with van der Waals surface area (Å²) in [5.41, 5.74) is 4.13. The van der Waals surface area contributed by atoms with Crippen molar-refractivity contribution < 1.29 is 4.79 Å². The molecule has 1 fully saturated rings. The quantitative estimate of drug-likeness (QED) is 0.386. The average molecular weight is 363 g/mol. The van der Waals surface area contributed by atoms with E-state index in [4.69, 9.17) is 5.84 Å². The Morgan fingerprint density at radius 1 is 1.19 bits per heavy atom. The van der Waals surface area contributed by atoms with Crippen LogP contribution >= 0.6 is 0 Å². The standard InChI is InChI=1S/C18H17N7O2/c19-24-17(26)12-4-5-13(22-8-12)9-25-10-23-15(16-20-6-1-7-21-16)14(18(25)27)11-2-3-11/h1,4-8,10-11H,2-3,9,19H2,(H,24,26). The molecule has 9 heteroatoms. The lowest BCUT2D eigenvalue weighted by atomic mass is 10.1. The largest absolute Gasteiger partial charge is 0.293 e. The Morgan fingerprint density at radius 3 is 2.59 bits per heavy atom. The summed E-state index contributed by atoms with van der Waals surface area (Å²) in [6, 6.07) is 5.01. The molecule has 3 aromatic rings. The Hall–Kier alpha value is -3.46. The van der Waals surface area contributed by atoms with Crippen LogP contribution in [0.25, 0.3) is 11.5 Å². The number of nitrogen functional groups attached to an aromatic ring is 1. The number of pyridine rings is 1. The van der Waals surface area contributed by atoms with Gasteiger partial charge in [-0.15, -0.1) is 0 Å². The highest BCUT2D eigenvalue weighted by Crippen LogP contribution is 2.41. The second-order valence-corrected chi connectivity index (χ2v) is 6.30. The monoisotopic (exact) mass is 363 g/mol. The van der Waals surface area contributed by atoms with E-state index in [2.05, 4.69) is 25.4 Å². The highest BCUT2D eigenvalue weighted by molar-refractivity contribution is 5.93. The third-order valence-electron chi connectivity index (χ3n) is 4.39. The molecule has 1 aliphatic carbocycles. The van der Waals surface area contributed by atoms with E-state index in [0.29, 0.717) is 28.3 Å². The second kappa shape index (κ2) is 7.04. The molecule has 27 heavy (non-hydrogen) atoms. The minimum atomic E-state index is -0.420. The Bertz CT molecular complexity index is 1030. The summed E-state index contributed by atoms with van der Waals surface area (Å²) in [6.07, 6.45) is 8.10. The highest BCUT2D eigenvalue weighted by Gasteiger charge is 2.31. The maximum atomic E-state index is 13.0. The summed E-state index contributed by atoms with van der Waals surface area (Å²) in [6.45, 7) is 0.256. The number of hydrazine groups is 1. The number of carbonyl (C=O) groups excluding carboxylic acids is 1. The van der Waals surface area contributed by atoms with Gasteiger partial charge >= 0.3 is 0 Å². The van der Waals surface area contributed by atoms with Gasteiger partial charge in [0.05, 0.1) is 29.7 Å². The molecule has 4 rings (SSSR count). The van der Waals surface area contributed by atoms with Crippen LogP contribution in [0.2, 0.25) is 0 Å². The molecule has 0 bridgehead atoms. The molecule has 1 aliphatic rings. The first kappa shape index (κ1) is 17.0. The van der Waals surface area contributed by atoms with E-state index in [-0.39, 0.29) is 18.0 Å². The lowest BCUT2D eigenvalue weighted by Crippen LogP contribution is -2.30. The lowest BCUT2D eigenvalue weighted by molar-refractivity contribution is 0.0953. The summed E-state index contributed by atoms with van der Waals surface area (Å²) in [5.74, 6) is 5.34. The molecule has 136 valence electrons. The minimum absolute atomic E-state index is 0.111. The van der Waals surface area contributed by atoms with Gasteiger partial charge in [0.2, 0.25) is 0 Å². The summed E-state index contributed by atoms with van der Waals surface area (Å²) in [5, 5.41) is 0. The fourth-order valence-corrected chi connectivity index (χ4v) is 2.87. The summed E-state index contributed by atoms with van der Waals surface area (Å²) in [7, 11) is 0. The summed E-state index contributed by atoms with van der Waals surface area (Å²) >= 11 is 0. The van der Waals surface area contributed by atoms with E-state index in [1.807, 2.05) is 0 Å². The number of hydrogen-bond acceptors (Lipinski definition) is 7. The number of rotatable bonds is 5. The van der Waals surface area contributed by atoms with Gasteiger partial charge in [0, 0.05) is 18.6 Å². The number of amides is 1. The van der Waals surface area contributed by atoms with Crippen molar-refractivity contribution in [2.24, 2.45) is 5.84 Å². The van der Waals surface area contributed by atoms with Gasteiger partial charge in [-0.25, -0.2) is 20.8 Å². The zero-order valence-corrected chi connectivity index (χ0v) is 14.4. The van der Waals surface area contributed by atoms with Crippen molar-refractivity contribution in [3.8, 4) is 11.5 Å². The van der Waals surface area contributed by atoms with Gasteiger partial charge in [0.1, 0.15) is 5.69 Å². The average Bonchev–Trinajstić information content (AvgIpc) is 3.55. The van der Waals surface area contributed by atoms with Crippen molar-refractivity contribution in [3.63, 3.8) is 0 Å². The Morgan fingerprint density at radius 2 is 1.96 bits per heavy atom. The van der Waals surface area contributed by atoms with Crippen LogP contribution in [-0.4, -0.2) is 30.4 Å². The molecule has 0 spiro atoms. The van der Waals surface area contributed by atoms with Crippen molar-refractivity contribution in [1.29, 1.82) is 0 Å². The first-order valence-electron chi connectivity index (χ1n) is 8.50. The SMILES string of the molecule is NNC(=O)c1ccc(Cn2cnc(-c3ncccn3)c(C3CC3)c2=O)nc1. The van der Waals surface area contributed by atoms with Crippen molar-refractivity contribution in [3.05, 3.63) is 70.3 Å². The molecule has 3 aromatic heterocycles. The van der Waals surface area contributed by atoms with E-state index in [0.717, 1.165) is 12.8 Å². The van der Waals surface area contributed by atoms with Crippen LogP contribution in [0.4, 0.5) is 0 Å². The number of aromatic nitrogens is 5. The smallest absolute Gasteiger partial charge is 0.266 e. The van der Waals surface area contributed by atoms with Gasteiger partial charge in [-0.1, -0.05) is 0 Å². The summed E-state index contributed by atoms with van der Waals surface area (Å²) < 4.78 is 1.52. The Balaban J connectivity index is 1.67. The molecule has 0 saturated heterocycles. The fraction of sp³-hybridized carbons (Fsp3) is 0.222. The van der Waals surface area contributed by atoms with Crippen LogP contribution in [0.5, 0.6) is 0 Å². The molecule has 3 heterocycles. The molecule has 0 aromatic carbocycles. The van der Waals surface area contributed by atoms with Crippen LogP contribution in [0.3, 0.4) is 0 Å². The first-order valence-corrected chi connectivity index (χ1v) is 8.50. The van der Waals surface area contributed by atoms with Gasteiger partial charge in [0.15, 0.2) is 5.82 Å². The van der Waals surface area contributed by atoms with E-state index < -0.39 is 5.91 Å². The number of nitrogens with one attached hydrogen (secondary N) is 1. The molecule has 0 aliphatic heterocycles. The third kappa shape index (κ3) is 3.44. The number of nitrogens with zero attached hydrogens (tertiary/aromatic N) is 5. The van der Waals surface area contributed by atoms with Gasteiger partial charge in [0.25, 0.3) is 11.5 Å². The van der Waals surface area contributed by atoms with Crippen molar-refractivity contribution in [2.75, 3.05) is 0 Å². The molecule has 3 N–H and O–H groups in total. The lowest BCUT2D eigenvalue weighted by Gasteiger charge is -2.11.